The predicted octanol–water partition coefficient (Wildman–Crippen LogP) is 2.84. The smallest absolute Gasteiger partial charge is 0.230 e. The third-order valence-corrected chi connectivity index (χ3v) is 5.02. The van der Waals surface area contributed by atoms with Crippen LogP contribution >= 0.6 is 24.0 Å². The minimum atomic E-state index is -0.305. The minimum Gasteiger partial charge on any atom is -0.492 e. The van der Waals surface area contributed by atoms with Gasteiger partial charge in [-0.2, -0.15) is 0 Å². The maximum absolute atomic E-state index is 12.7. The zero-order valence-corrected chi connectivity index (χ0v) is 19.2. The molecule has 0 unspecified atom stereocenters. The van der Waals surface area contributed by atoms with Gasteiger partial charge in [0.2, 0.25) is 5.91 Å². The Bertz CT molecular complexity index is 601. The van der Waals surface area contributed by atoms with Crippen molar-refractivity contribution >= 4 is 35.8 Å². The van der Waals surface area contributed by atoms with E-state index < -0.39 is 0 Å². The molecule has 1 N–H and O–H groups in total. The van der Waals surface area contributed by atoms with E-state index in [0.29, 0.717) is 19.7 Å². The Kier molecular flexibility index (Phi) is 9.90. The molecule has 1 fully saturated rings. The molecule has 1 aromatic carbocycles. The van der Waals surface area contributed by atoms with Crippen LogP contribution in [0.15, 0.2) is 35.3 Å². The van der Waals surface area contributed by atoms with Crippen LogP contribution in [-0.4, -0.2) is 69.6 Å². The Hall–Kier alpha value is -1.51. The van der Waals surface area contributed by atoms with E-state index in [9.17, 15) is 4.79 Å². The molecule has 0 spiro atoms. The van der Waals surface area contributed by atoms with Crippen LogP contribution in [0.25, 0.3) is 0 Å². The Morgan fingerprint density at radius 3 is 2.37 bits per heavy atom. The van der Waals surface area contributed by atoms with Crippen LogP contribution in [0.3, 0.4) is 0 Å². The van der Waals surface area contributed by atoms with Gasteiger partial charge in [0.25, 0.3) is 0 Å². The van der Waals surface area contributed by atoms with E-state index in [2.05, 4.69) is 10.3 Å². The summed E-state index contributed by atoms with van der Waals surface area (Å²) >= 11 is 0. The first kappa shape index (κ1) is 23.5. The Morgan fingerprint density at radius 2 is 1.81 bits per heavy atom. The molecule has 1 amide bonds. The lowest BCUT2D eigenvalue weighted by Crippen LogP contribution is -2.50. The van der Waals surface area contributed by atoms with Crippen molar-refractivity contribution in [3.8, 4) is 5.75 Å². The normalized spacial score (nSPS) is 15.6. The topological polar surface area (TPSA) is 57.2 Å². The predicted molar refractivity (Wildman–Crippen MR) is 121 cm³/mol. The standard InChI is InChI=1S/C20H32N4O2.HI/c1-21-19(24(4)14-15-26-17-10-6-5-7-11-17)22-16-20(12-8-9-13-20)18(25)23(2)3;/h5-7,10-11H,8-9,12-16H2,1-4H3,(H,21,22);1H. The first-order valence-corrected chi connectivity index (χ1v) is 9.30. The van der Waals surface area contributed by atoms with Crippen molar-refractivity contribution < 1.29 is 9.53 Å². The number of hydrogen-bond acceptors (Lipinski definition) is 3. The molecule has 0 aromatic heterocycles. The van der Waals surface area contributed by atoms with Crippen molar-refractivity contribution in [1.29, 1.82) is 0 Å². The van der Waals surface area contributed by atoms with Gasteiger partial charge in [0.15, 0.2) is 5.96 Å². The molecule has 0 heterocycles. The van der Waals surface area contributed by atoms with Gasteiger partial charge >= 0.3 is 0 Å². The maximum Gasteiger partial charge on any atom is 0.230 e. The van der Waals surface area contributed by atoms with E-state index in [1.807, 2.05) is 56.4 Å². The molecule has 2 rings (SSSR count). The van der Waals surface area contributed by atoms with E-state index in [1.165, 1.54) is 0 Å². The van der Waals surface area contributed by atoms with Gasteiger partial charge in [0, 0.05) is 34.7 Å². The average molecular weight is 488 g/mol. The number of para-hydroxylation sites is 1. The third-order valence-electron chi connectivity index (χ3n) is 5.02. The van der Waals surface area contributed by atoms with Crippen LogP contribution in [0.1, 0.15) is 25.7 Å². The van der Waals surface area contributed by atoms with Gasteiger partial charge in [0.05, 0.1) is 12.0 Å². The zero-order chi connectivity index (χ0) is 19.0. The molecule has 6 nitrogen and oxygen atoms in total. The number of likely N-dealkylation sites (N-methyl/N-ethyl adjacent to an activating group) is 1. The maximum atomic E-state index is 12.7. The van der Waals surface area contributed by atoms with Crippen molar-refractivity contribution in [3.63, 3.8) is 0 Å². The fraction of sp³-hybridized carbons (Fsp3) is 0.600. The van der Waals surface area contributed by atoms with Gasteiger partial charge in [-0.15, -0.1) is 24.0 Å². The summed E-state index contributed by atoms with van der Waals surface area (Å²) in [6.45, 7) is 1.91. The molecule has 27 heavy (non-hydrogen) atoms. The lowest BCUT2D eigenvalue weighted by Gasteiger charge is -2.32. The second kappa shape index (κ2) is 11.4. The second-order valence-corrected chi connectivity index (χ2v) is 7.17. The first-order chi connectivity index (χ1) is 12.5. The van der Waals surface area contributed by atoms with Crippen molar-refractivity contribution in [2.75, 3.05) is 47.9 Å². The van der Waals surface area contributed by atoms with E-state index in [1.54, 1.807) is 11.9 Å². The Balaban J connectivity index is 0.00000364. The highest BCUT2D eigenvalue weighted by Crippen LogP contribution is 2.38. The van der Waals surface area contributed by atoms with Gasteiger partial charge in [0.1, 0.15) is 12.4 Å². The molecule has 0 radical (unpaired) electrons. The number of halogens is 1. The lowest BCUT2D eigenvalue weighted by molar-refractivity contribution is -0.138. The van der Waals surface area contributed by atoms with Gasteiger partial charge < -0.3 is 19.9 Å². The van der Waals surface area contributed by atoms with Crippen LogP contribution in [0.5, 0.6) is 5.75 Å². The van der Waals surface area contributed by atoms with E-state index >= 15 is 0 Å². The molecule has 1 saturated carbocycles. The number of hydrogen-bond donors (Lipinski definition) is 1. The molecular weight excluding hydrogens is 455 g/mol. The van der Waals surface area contributed by atoms with E-state index in [0.717, 1.165) is 37.4 Å². The van der Waals surface area contributed by atoms with E-state index in [4.69, 9.17) is 4.74 Å². The van der Waals surface area contributed by atoms with Crippen LogP contribution in [0.4, 0.5) is 0 Å². The fourth-order valence-corrected chi connectivity index (χ4v) is 3.55. The van der Waals surface area contributed by atoms with Crippen LogP contribution in [0.2, 0.25) is 0 Å². The average Bonchev–Trinajstić information content (AvgIpc) is 3.12. The van der Waals surface area contributed by atoms with E-state index in [-0.39, 0.29) is 35.3 Å². The molecular formula is C20H33IN4O2. The summed E-state index contributed by atoms with van der Waals surface area (Å²) in [6.07, 6.45) is 4.10. The minimum absolute atomic E-state index is 0. The number of aliphatic imine (C=N–C) groups is 1. The van der Waals surface area contributed by atoms with Crippen molar-refractivity contribution in [2.45, 2.75) is 25.7 Å². The largest absolute Gasteiger partial charge is 0.492 e. The quantitative estimate of drug-likeness (QED) is 0.365. The zero-order valence-electron chi connectivity index (χ0n) is 16.9. The number of guanidine groups is 1. The summed E-state index contributed by atoms with van der Waals surface area (Å²) < 4.78 is 5.75. The number of carbonyl (C=O) groups is 1. The molecule has 0 atom stereocenters. The monoisotopic (exact) mass is 488 g/mol. The summed E-state index contributed by atoms with van der Waals surface area (Å²) in [5.74, 6) is 1.87. The van der Waals surface area contributed by atoms with Gasteiger partial charge in [-0.1, -0.05) is 31.0 Å². The summed E-state index contributed by atoms with van der Waals surface area (Å²) in [7, 11) is 7.43. The van der Waals surface area contributed by atoms with Crippen LogP contribution in [0, 0.1) is 5.41 Å². The highest BCUT2D eigenvalue weighted by molar-refractivity contribution is 14.0. The van der Waals surface area contributed by atoms with Crippen LogP contribution < -0.4 is 10.1 Å². The number of carbonyl (C=O) groups excluding carboxylic acids is 1. The summed E-state index contributed by atoms with van der Waals surface area (Å²) in [5.41, 5.74) is -0.305. The number of amides is 1. The number of nitrogens with zero attached hydrogens (tertiary/aromatic N) is 3. The SMILES string of the molecule is CN=C(NCC1(C(=O)N(C)C)CCCC1)N(C)CCOc1ccccc1.I. The second-order valence-electron chi connectivity index (χ2n) is 7.17. The third kappa shape index (κ3) is 6.55. The number of rotatable bonds is 7. The first-order valence-electron chi connectivity index (χ1n) is 9.30. The van der Waals surface area contributed by atoms with Crippen molar-refractivity contribution in [3.05, 3.63) is 30.3 Å². The molecule has 152 valence electrons. The lowest BCUT2D eigenvalue weighted by atomic mass is 9.84. The van der Waals surface area contributed by atoms with Gasteiger partial charge in [-0.25, -0.2) is 0 Å². The number of ether oxygens (including phenoxy) is 1. The van der Waals surface area contributed by atoms with Crippen molar-refractivity contribution in [1.82, 2.24) is 15.1 Å². The van der Waals surface area contributed by atoms with Crippen molar-refractivity contribution in [2.24, 2.45) is 10.4 Å². The molecule has 0 aliphatic heterocycles. The Morgan fingerprint density at radius 1 is 1.19 bits per heavy atom. The van der Waals surface area contributed by atoms with Gasteiger partial charge in [-0.05, 0) is 25.0 Å². The highest BCUT2D eigenvalue weighted by atomic mass is 127. The highest BCUT2D eigenvalue weighted by Gasteiger charge is 2.42. The van der Waals surface area contributed by atoms with Crippen LogP contribution in [-0.2, 0) is 4.79 Å². The fourth-order valence-electron chi connectivity index (χ4n) is 3.55. The molecule has 1 aliphatic rings. The molecule has 1 aromatic rings. The van der Waals surface area contributed by atoms with Gasteiger partial charge in [-0.3, -0.25) is 9.79 Å². The number of benzene rings is 1. The summed E-state index contributed by atoms with van der Waals surface area (Å²) in [5, 5.41) is 3.41. The molecule has 0 bridgehead atoms. The summed E-state index contributed by atoms with van der Waals surface area (Å²) in [6, 6.07) is 9.79. The Labute approximate surface area is 180 Å². The molecule has 0 saturated heterocycles. The molecule has 7 heteroatoms. The molecule has 1 aliphatic carbocycles. The number of nitrogens with one attached hydrogen (secondary N) is 1. The summed E-state index contributed by atoms with van der Waals surface area (Å²) in [4.78, 5) is 20.8.